The highest BCUT2D eigenvalue weighted by molar-refractivity contribution is 5.96. The van der Waals surface area contributed by atoms with Crippen LogP contribution < -0.4 is 10.6 Å². The Morgan fingerprint density at radius 1 is 0.913 bits per heavy atom. The average Bonchev–Trinajstić information content (AvgIpc) is 2.56. The van der Waals surface area contributed by atoms with Crippen molar-refractivity contribution in [1.82, 2.24) is 5.32 Å². The summed E-state index contributed by atoms with van der Waals surface area (Å²) in [6, 6.07) is 14.5. The lowest BCUT2D eigenvalue weighted by molar-refractivity contribution is 0.0979. The summed E-state index contributed by atoms with van der Waals surface area (Å²) in [4.78, 5) is 23.5. The normalized spacial score (nSPS) is 10.1. The number of para-hydroxylation sites is 1. The van der Waals surface area contributed by atoms with Gasteiger partial charge in [-0.15, -0.1) is 0 Å². The van der Waals surface area contributed by atoms with E-state index >= 15 is 0 Å². The second-order valence-electron chi connectivity index (χ2n) is 5.13. The van der Waals surface area contributed by atoms with E-state index in [4.69, 9.17) is 0 Å². The van der Waals surface area contributed by atoms with Crippen LogP contribution in [0.1, 0.15) is 29.6 Å². The quantitative estimate of drug-likeness (QED) is 0.599. The largest absolute Gasteiger partial charge is 0.338 e. The molecule has 2 amide bonds. The molecule has 0 fully saturated rings. The molecule has 0 aliphatic rings. The average molecular weight is 314 g/mol. The maximum atomic E-state index is 12.8. The van der Waals surface area contributed by atoms with Crippen LogP contribution in [0.3, 0.4) is 0 Å². The van der Waals surface area contributed by atoms with Crippen LogP contribution in [0.4, 0.5) is 14.9 Å². The first-order valence-electron chi connectivity index (χ1n) is 7.54. The van der Waals surface area contributed by atoms with Crippen molar-refractivity contribution in [3.8, 4) is 0 Å². The van der Waals surface area contributed by atoms with Crippen LogP contribution in [0.15, 0.2) is 54.6 Å². The van der Waals surface area contributed by atoms with Gasteiger partial charge in [0, 0.05) is 24.2 Å². The number of benzene rings is 2. The molecule has 0 radical (unpaired) electrons. The third-order valence-corrected chi connectivity index (χ3v) is 3.31. The zero-order chi connectivity index (χ0) is 16.5. The van der Waals surface area contributed by atoms with Gasteiger partial charge in [0.25, 0.3) is 0 Å². The lowest BCUT2D eigenvalue weighted by atomic mass is 10.1. The Labute approximate surface area is 134 Å². The van der Waals surface area contributed by atoms with Gasteiger partial charge < -0.3 is 10.6 Å². The van der Waals surface area contributed by atoms with E-state index in [1.807, 2.05) is 18.2 Å². The molecule has 2 rings (SSSR count). The van der Waals surface area contributed by atoms with E-state index in [1.165, 1.54) is 24.3 Å². The van der Waals surface area contributed by atoms with E-state index in [-0.39, 0.29) is 17.6 Å². The Hall–Kier alpha value is -2.69. The molecule has 0 bridgehead atoms. The van der Waals surface area contributed by atoms with Gasteiger partial charge in [-0.25, -0.2) is 9.18 Å². The van der Waals surface area contributed by atoms with E-state index in [2.05, 4.69) is 10.6 Å². The molecule has 0 aliphatic carbocycles. The second kappa shape index (κ2) is 8.68. The highest BCUT2D eigenvalue weighted by Gasteiger charge is 2.06. The highest BCUT2D eigenvalue weighted by atomic mass is 19.1. The molecule has 0 unspecified atom stereocenters. The first-order chi connectivity index (χ1) is 11.1. The third-order valence-electron chi connectivity index (χ3n) is 3.31. The molecule has 0 aromatic heterocycles. The van der Waals surface area contributed by atoms with Crippen LogP contribution in [-0.2, 0) is 0 Å². The number of unbranched alkanes of at least 4 members (excludes halogenated alkanes) is 1. The summed E-state index contributed by atoms with van der Waals surface area (Å²) in [6.45, 7) is 0.495. The summed E-state index contributed by atoms with van der Waals surface area (Å²) in [5.41, 5.74) is 1.25. The molecular formula is C18H19FN2O2. The van der Waals surface area contributed by atoms with Crippen LogP contribution in [0.5, 0.6) is 0 Å². The summed E-state index contributed by atoms with van der Waals surface area (Å²) < 4.78 is 12.8. The fourth-order valence-corrected chi connectivity index (χ4v) is 2.09. The van der Waals surface area contributed by atoms with E-state index in [9.17, 15) is 14.0 Å². The molecule has 0 aliphatic heterocycles. The summed E-state index contributed by atoms with van der Waals surface area (Å²) in [6.07, 6.45) is 1.75. The van der Waals surface area contributed by atoms with E-state index in [0.717, 1.165) is 5.69 Å². The number of nitrogens with one attached hydrogen (secondary N) is 2. The third kappa shape index (κ3) is 5.90. The number of anilines is 1. The number of carbonyl (C=O) groups is 2. The number of Topliss-reactive ketones (excluding diaryl/α,β-unsaturated/α-hetero) is 1. The Morgan fingerprint density at radius 3 is 2.30 bits per heavy atom. The van der Waals surface area contributed by atoms with Crippen molar-refractivity contribution < 1.29 is 14.0 Å². The Bertz CT molecular complexity index is 642. The van der Waals surface area contributed by atoms with E-state index in [1.54, 1.807) is 12.1 Å². The molecule has 4 nitrogen and oxygen atoms in total. The molecule has 5 heteroatoms. The van der Waals surface area contributed by atoms with E-state index in [0.29, 0.717) is 31.4 Å². The maximum absolute atomic E-state index is 12.8. The van der Waals surface area contributed by atoms with Gasteiger partial charge in [0.05, 0.1) is 0 Å². The molecule has 0 heterocycles. The van der Waals surface area contributed by atoms with Gasteiger partial charge in [0.2, 0.25) is 0 Å². The molecule has 0 saturated heterocycles. The topological polar surface area (TPSA) is 58.2 Å². The molecule has 0 atom stereocenters. The zero-order valence-corrected chi connectivity index (χ0v) is 12.7. The van der Waals surface area contributed by atoms with Gasteiger partial charge in [-0.3, -0.25) is 4.79 Å². The van der Waals surface area contributed by atoms with Crippen molar-refractivity contribution in [2.45, 2.75) is 19.3 Å². The van der Waals surface area contributed by atoms with Crippen molar-refractivity contribution >= 4 is 17.5 Å². The van der Waals surface area contributed by atoms with Crippen molar-refractivity contribution in [1.29, 1.82) is 0 Å². The monoisotopic (exact) mass is 314 g/mol. The second-order valence-corrected chi connectivity index (χ2v) is 5.13. The summed E-state index contributed by atoms with van der Waals surface area (Å²) >= 11 is 0. The van der Waals surface area contributed by atoms with Gasteiger partial charge in [-0.05, 0) is 49.2 Å². The summed E-state index contributed by atoms with van der Waals surface area (Å²) in [7, 11) is 0. The minimum Gasteiger partial charge on any atom is -0.338 e. The first-order valence-corrected chi connectivity index (χ1v) is 7.54. The summed E-state index contributed by atoms with van der Waals surface area (Å²) in [5, 5.41) is 5.46. The van der Waals surface area contributed by atoms with Crippen LogP contribution in [0.25, 0.3) is 0 Å². The van der Waals surface area contributed by atoms with Crippen LogP contribution in [0.2, 0.25) is 0 Å². The molecule has 120 valence electrons. The number of urea groups is 1. The minimum absolute atomic E-state index is 0.0151. The number of amides is 2. The van der Waals surface area contributed by atoms with Gasteiger partial charge in [0.1, 0.15) is 5.82 Å². The fourth-order valence-electron chi connectivity index (χ4n) is 2.09. The Morgan fingerprint density at radius 2 is 1.61 bits per heavy atom. The van der Waals surface area contributed by atoms with Crippen LogP contribution in [-0.4, -0.2) is 18.4 Å². The van der Waals surface area contributed by atoms with Gasteiger partial charge >= 0.3 is 6.03 Å². The van der Waals surface area contributed by atoms with E-state index < -0.39 is 0 Å². The van der Waals surface area contributed by atoms with Crippen molar-refractivity contribution in [2.24, 2.45) is 0 Å². The van der Waals surface area contributed by atoms with Crippen molar-refractivity contribution in [2.75, 3.05) is 11.9 Å². The standard InChI is InChI=1S/C18H19FN2O2/c19-15-11-9-14(10-12-15)17(22)8-4-5-13-20-18(23)21-16-6-2-1-3-7-16/h1-3,6-7,9-12H,4-5,8,13H2,(H2,20,21,23). The highest BCUT2D eigenvalue weighted by Crippen LogP contribution is 2.08. The number of carbonyl (C=O) groups excluding carboxylic acids is 2. The number of hydrogen-bond donors (Lipinski definition) is 2. The maximum Gasteiger partial charge on any atom is 0.319 e. The van der Waals surface area contributed by atoms with Gasteiger partial charge in [-0.2, -0.15) is 0 Å². The number of ketones is 1. The molecule has 2 N–H and O–H groups in total. The van der Waals surface area contributed by atoms with Gasteiger partial charge in [0.15, 0.2) is 5.78 Å². The number of hydrogen-bond acceptors (Lipinski definition) is 2. The molecule has 0 saturated carbocycles. The fraction of sp³-hybridized carbons (Fsp3) is 0.222. The molecule has 2 aromatic rings. The summed E-state index contributed by atoms with van der Waals surface area (Å²) in [5.74, 6) is -0.367. The molecular weight excluding hydrogens is 295 g/mol. The van der Waals surface area contributed by atoms with Crippen LogP contribution in [0, 0.1) is 5.82 Å². The first kappa shape index (κ1) is 16.7. The smallest absolute Gasteiger partial charge is 0.319 e. The predicted molar refractivity (Wildman–Crippen MR) is 88.0 cm³/mol. The SMILES string of the molecule is O=C(NCCCCC(=O)c1ccc(F)cc1)Nc1ccccc1. The Kier molecular flexibility index (Phi) is 6.29. The molecule has 2 aromatic carbocycles. The molecule has 0 spiro atoms. The Balaban J connectivity index is 1.61. The number of halogens is 1. The van der Waals surface area contributed by atoms with Crippen LogP contribution >= 0.6 is 0 Å². The minimum atomic E-state index is -0.352. The van der Waals surface area contributed by atoms with Crippen molar-refractivity contribution in [3.05, 3.63) is 66.0 Å². The lowest BCUT2D eigenvalue weighted by Gasteiger charge is -2.07. The van der Waals surface area contributed by atoms with Gasteiger partial charge in [-0.1, -0.05) is 18.2 Å². The number of rotatable bonds is 7. The molecule has 23 heavy (non-hydrogen) atoms. The predicted octanol–water partition coefficient (Wildman–Crippen LogP) is 4.00. The lowest BCUT2D eigenvalue weighted by Crippen LogP contribution is -2.29. The zero-order valence-electron chi connectivity index (χ0n) is 12.7. The van der Waals surface area contributed by atoms with Crippen molar-refractivity contribution in [3.63, 3.8) is 0 Å².